The van der Waals surface area contributed by atoms with Crippen LogP contribution in [0.3, 0.4) is 0 Å². The van der Waals surface area contributed by atoms with E-state index in [1.165, 1.54) is 12.8 Å². The quantitative estimate of drug-likeness (QED) is 0.920. The minimum absolute atomic E-state index is 0.609. The van der Waals surface area contributed by atoms with Crippen molar-refractivity contribution in [3.63, 3.8) is 0 Å². The number of anilines is 2. The SMILES string of the molecule is Cc1cc(NCc2ccc(N3CCC(C)CC3)nc2)c(C#N)c(C)n1. The molecule has 3 heterocycles. The average molecular weight is 335 g/mol. The van der Waals surface area contributed by atoms with Gasteiger partial charge in [-0.2, -0.15) is 5.26 Å². The molecule has 0 radical (unpaired) electrons. The summed E-state index contributed by atoms with van der Waals surface area (Å²) in [5.74, 6) is 1.88. The van der Waals surface area contributed by atoms with Crippen molar-refractivity contribution in [1.29, 1.82) is 5.26 Å². The second-order valence-electron chi connectivity index (χ2n) is 6.93. The van der Waals surface area contributed by atoms with E-state index < -0.39 is 0 Å². The van der Waals surface area contributed by atoms with Gasteiger partial charge in [0.1, 0.15) is 11.9 Å². The molecule has 1 saturated heterocycles. The molecule has 5 heteroatoms. The summed E-state index contributed by atoms with van der Waals surface area (Å²) in [5, 5.41) is 12.7. The number of nitriles is 1. The van der Waals surface area contributed by atoms with Crippen molar-refractivity contribution in [3.05, 3.63) is 46.9 Å². The van der Waals surface area contributed by atoms with Gasteiger partial charge in [0.25, 0.3) is 0 Å². The van der Waals surface area contributed by atoms with Gasteiger partial charge in [-0.15, -0.1) is 0 Å². The summed E-state index contributed by atoms with van der Waals surface area (Å²) in [6.07, 6.45) is 4.40. The molecule has 1 aliphatic heterocycles. The van der Waals surface area contributed by atoms with E-state index in [-0.39, 0.29) is 0 Å². The highest BCUT2D eigenvalue weighted by atomic mass is 15.2. The third-order valence-corrected chi connectivity index (χ3v) is 4.84. The van der Waals surface area contributed by atoms with E-state index in [2.05, 4.69) is 45.3 Å². The Morgan fingerprint density at radius 3 is 2.68 bits per heavy atom. The van der Waals surface area contributed by atoms with E-state index in [0.717, 1.165) is 47.5 Å². The summed E-state index contributed by atoms with van der Waals surface area (Å²) in [5.41, 5.74) is 4.22. The summed E-state index contributed by atoms with van der Waals surface area (Å²) in [6, 6.07) is 8.36. The molecule has 1 fully saturated rings. The lowest BCUT2D eigenvalue weighted by Gasteiger charge is -2.31. The van der Waals surface area contributed by atoms with Gasteiger partial charge in [-0.25, -0.2) is 4.98 Å². The predicted molar refractivity (Wildman–Crippen MR) is 101 cm³/mol. The van der Waals surface area contributed by atoms with Crippen LogP contribution < -0.4 is 10.2 Å². The van der Waals surface area contributed by atoms with E-state index >= 15 is 0 Å². The van der Waals surface area contributed by atoms with Crippen LogP contribution in [0, 0.1) is 31.1 Å². The Morgan fingerprint density at radius 1 is 1.28 bits per heavy atom. The van der Waals surface area contributed by atoms with Gasteiger partial charge in [-0.05, 0) is 50.3 Å². The number of pyridine rings is 2. The molecular weight excluding hydrogens is 310 g/mol. The number of aromatic nitrogens is 2. The number of rotatable bonds is 4. The normalized spacial score (nSPS) is 15.0. The second-order valence-corrected chi connectivity index (χ2v) is 6.93. The van der Waals surface area contributed by atoms with Crippen LogP contribution in [0.5, 0.6) is 0 Å². The maximum Gasteiger partial charge on any atom is 0.128 e. The van der Waals surface area contributed by atoms with Crippen LogP contribution in [0.1, 0.15) is 42.3 Å². The lowest BCUT2D eigenvalue weighted by Crippen LogP contribution is -2.33. The number of hydrogen-bond donors (Lipinski definition) is 1. The van der Waals surface area contributed by atoms with Gasteiger partial charge in [0.05, 0.1) is 16.9 Å². The minimum atomic E-state index is 0.609. The number of hydrogen-bond acceptors (Lipinski definition) is 5. The molecule has 0 aromatic carbocycles. The number of aryl methyl sites for hydroxylation is 2. The van der Waals surface area contributed by atoms with Crippen molar-refractivity contribution in [3.8, 4) is 6.07 Å². The molecule has 1 aliphatic rings. The fourth-order valence-electron chi connectivity index (χ4n) is 3.25. The van der Waals surface area contributed by atoms with E-state index in [0.29, 0.717) is 12.1 Å². The maximum absolute atomic E-state index is 9.34. The monoisotopic (exact) mass is 335 g/mol. The predicted octanol–water partition coefficient (Wildman–Crippen LogP) is 3.81. The van der Waals surface area contributed by atoms with Crippen molar-refractivity contribution in [2.75, 3.05) is 23.3 Å². The number of nitrogens with one attached hydrogen (secondary N) is 1. The van der Waals surface area contributed by atoms with E-state index in [1.807, 2.05) is 26.1 Å². The van der Waals surface area contributed by atoms with Crippen molar-refractivity contribution in [1.82, 2.24) is 9.97 Å². The molecule has 0 saturated carbocycles. The molecule has 5 nitrogen and oxygen atoms in total. The Hall–Kier alpha value is -2.61. The highest BCUT2D eigenvalue weighted by molar-refractivity contribution is 5.60. The van der Waals surface area contributed by atoms with Crippen molar-refractivity contribution in [2.24, 2.45) is 5.92 Å². The summed E-state index contributed by atoms with van der Waals surface area (Å²) >= 11 is 0. The zero-order chi connectivity index (χ0) is 17.8. The third-order valence-electron chi connectivity index (χ3n) is 4.84. The van der Waals surface area contributed by atoms with E-state index in [9.17, 15) is 5.26 Å². The standard InChI is InChI=1S/C20H25N5/c1-14-6-8-25(9-7-14)20-5-4-17(13-23-20)12-22-19-10-15(2)24-16(3)18(19)11-21/h4-5,10,13-14H,6-9,12H2,1-3H3,(H,22,24). The van der Waals surface area contributed by atoms with Crippen LogP contribution >= 0.6 is 0 Å². The van der Waals surface area contributed by atoms with Crippen LogP contribution in [0.4, 0.5) is 11.5 Å². The lowest BCUT2D eigenvalue weighted by molar-refractivity contribution is 0.436. The van der Waals surface area contributed by atoms with Crippen molar-refractivity contribution < 1.29 is 0 Å². The molecule has 1 N–H and O–H groups in total. The largest absolute Gasteiger partial charge is 0.380 e. The Balaban J connectivity index is 1.66. The van der Waals surface area contributed by atoms with Crippen LogP contribution in [0.25, 0.3) is 0 Å². The fourth-order valence-corrected chi connectivity index (χ4v) is 3.25. The molecule has 0 amide bonds. The molecule has 2 aromatic rings. The Kier molecular flexibility index (Phi) is 5.18. The Morgan fingerprint density at radius 2 is 2.04 bits per heavy atom. The van der Waals surface area contributed by atoms with Gasteiger partial charge in [-0.3, -0.25) is 4.98 Å². The second kappa shape index (κ2) is 7.52. The number of nitrogens with zero attached hydrogens (tertiary/aromatic N) is 4. The fraction of sp³-hybridized carbons (Fsp3) is 0.450. The van der Waals surface area contributed by atoms with Gasteiger partial charge in [0.15, 0.2) is 0 Å². The molecule has 0 atom stereocenters. The summed E-state index contributed by atoms with van der Waals surface area (Å²) in [6.45, 7) is 8.95. The molecule has 25 heavy (non-hydrogen) atoms. The molecule has 3 rings (SSSR count). The Labute approximate surface area is 149 Å². The highest BCUT2D eigenvalue weighted by Gasteiger charge is 2.16. The van der Waals surface area contributed by atoms with Crippen LogP contribution in [-0.4, -0.2) is 23.1 Å². The average Bonchev–Trinajstić information content (AvgIpc) is 2.61. The first-order chi connectivity index (χ1) is 12.1. The van der Waals surface area contributed by atoms with Gasteiger partial charge in [0.2, 0.25) is 0 Å². The third kappa shape index (κ3) is 4.08. The number of piperidine rings is 1. The minimum Gasteiger partial charge on any atom is -0.380 e. The molecule has 0 unspecified atom stereocenters. The van der Waals surface area contributed by atoms with Gasteiger partial charge >= 0.3 is 0 Å². The highest BCUT2D eigenvalue weighted by Crippen LogP contribution is 2.22. The Bertz CT molecular complexity index is 768. The smallest absolute Gasteiger partial charge is 0.128 e. The van der Waals surface area contributed by atoms with Gasteiger partial charge < -0.3 is 10.2 Å². The summed E-state index contributed by atoms with van der Waals surface area (Å²) < 4.78 is 0. The van der Waals surface area contributed by atoms with Crippen LogP contribution in [-0.2, 0) is 6.54 Å². The first-order valence-electron chi connectivity index (χ1n) is 8.89. The topological polar surface area (TPSA) is 64.8 Å². The summed E-state index contributed by atoms with van der Waals surface area (Å²) in [7, 11) is 0. The molecule has 0 spiro atoms. The van der Waals surface area contributed by atoms with E-state index in [4.69, 9.17) is 0 Å². The van der Waals surface area contributed by atoms with Gasteiger partial charge in [0, 0.05) is 31.5 Å². The maximum atomic E-state index is 9.34. The molecular formula is C20H25N5. The molecule has 0 aliphatic carbocycles. The van der Waals surface area contributed by atoms with Crippen molar-refractivity contribution >= 4 is 11.5 Å². The first-order valence-corrected chi connectivity index (χ1v) is 8.89. The van der Waals surface area contributed by atoms with Crippen LogP contribution in [0.15, 0.2) is 24.4 Å². The van der Waals surface area contributed by atoms with Gasteiger partial charge in [-0.1, -0.05) is 13.0 Å². The van der Waals surface area contributed by atoms with Crippen LogP contribution in [0.2, 0.25) is 0 Å². The lowest BCUT2D eigenvalue weighted by atomic mass is 9.99. The van der Waals surface area contributed by atoms with E-state index in [1.54, 1.807) is 0 Å². The van der Waals surface area contributed by atoms with Crippen molar-refractivity contribution in [2.45, 2.75) is 40.2 Å². The first kappa shape index (κ1) is 17.2. The zero-order valence-corrected chi connectivity index (χ0v) is 15.2. The molecule has 2 aromatic heterocycles. The molecule has 0 bridgehead atoms. The molecule has 130 valence electrons. The zero-order valence-electron chi connectivity index (χ0n) is 15.2. The summed E-state index contributed by atoms with van der Waals surface area (Å²) in [4.78, 5) is 11.3.